The molecule has 0 saturated heterocycles. The monoisotopic (exact) mass is 878 g/mol. The van der Waals surface area contributed by atoms with E-state index in [0.717, 1.165) is 95.2 Å². The third kappa shape index (κ3) is 6.78. The molecular weight excluding hydrogens is 829 g/mol. The summed E-state index contributed by atoms with van der Waals surface area (Å²) >= 11 is 0. The highest BCUT2D eigenvalue weighted by Crippen LogP contribution is 2.44. The van der Waals surface area contributed by atoms with Gasteiger partial charge in [0.15, 0.2) is 23.3 Å². The third-order valence-corrected chi connectivity index (χ3v) is 17.2. The fourth-order valence-corrected chi connectivity index (χ4v) is 14.2. The molecular formula is C52H50N8O4Si. The molecule has 12 rings (SSSR count). The highest BCUT2D eigenvalue weighted by molar-refractivity contribution is 6.66. The molecule has 6 heterocycles. The lowest BCUT2D eigenvalue weighted by Crippen LogP contribution is -2.64. The summed E-state index contributed by atoms with van der Waals surface area (Å²) in [4.78, 5) is 32.9. The van der Waals surface area contributed by atoms with E-state index in [2.05, 4.69) is 94.4 Å². The van der Waals surface area contributed by atoms with Crippen molar-refractivity contribution in [1.82, 2.24) is 8.47 Å². The number of nitrogens with zero attached hydrogens (tertiary/aromatic N) is 8. The van der Waals surface area contributed by atoms with Crippen molar-refractivity contribution in [3.8, 4) is 0 Å². The van der Waals surface area contributed by atoms with Crippen LogP contribution in [0.15, 0.2) is 153 Å². The predicted octanol–water partition coefficient (Wildman–Crippen LogP) is 9.34. The molecule has 0 spiro atoms. The van der Waals surface area contributed by atoms with Crippen LogP contribution in [0.25, 0.3) is 21.5 Å². The maximum absolute atomic E-state index is 7.95. The molecule has 2 saturated carbocycles. The van der Waals surface area contributed by atoms with E-state index in [1.807, 2.05) is 24.3 Å². The van der Waals surface area contributed by atoms with Gasteiger partial charge in [-0.25, -0.2) is 30.0 Å². The van der Waals surface area contributed by atoms with Crippen molar-refractivity contribution in [3.05, 3.63) is 156 Å². The van der Waals surface area contributed by atoms with Gasteiger partial charge in [-0.1, -0.05) is 110 Å². The topological polar surface area (TPSA) is 121 Å². The molecule has 65 heavy (non-hydrogen) atoms. The van der Waals surface area contributed by atoms with Crippen LogP contribution in [-0.4, -0.2) is 67.1 Å². The predicted molar refractivity (Wildman–Crippen MR) is 256 cm³/mol. The summed E-state index contributed by atoms with van der Waals surface area (Å²) in [6.07, 6.45) is 11.3. The van der Waals surface area contributed by atoms with Crippen molar-refractivity contribution in [3.63, 3.8) is 0 Å². The second-order valence-electron chi connectivity index (χ2n) is 18.1. The SMILES string of the molecule is C=COCC1CCC(CO[Si]2(OCC3CCC(COC=C)CC3)n3c4c5ccccc5c3N=C3N=C(N=c5c6ccccc6c(n52)=NC2=NC(=N4)c4ccccc42)c2ccccc23)CC1. The van der Waals surface area contributed by atoms with Gasteiger partial charge in [-0.15, -0.1) is 0 Å². The number of fused-ring (bicyclic) bond motifs is 14. The second kappa shape index (κ2) is 16.5. The Morgan fingerprint density at radius 1 is 0.431 bits per heavy atom. The first kappa shape index (κ1) is 40.0. The molecule has 0 unspecified atom stereocenters. The maximum Gasteiger partial charge on any atom is 0.603 e. The number of amidine groups is 4. The number of benzene rings is 4. The van der Waals surface area contributed by atoms with Crippen LogP contribution < -0.4 is 11.0 Å². The van der Waals surface area contributed by atoms with E-state index in [1.54, 1.807) is 12.5 Å². The van der Waals surface area contributed by atoms with Crippen molar-refractivity contribution in [2.45, 2.75) is 51.4 Å². The Morgan fingerprint density at radius 2 is 0.769 bits per heavy atom. The first-order valence-corrected chi connectivity index (χ1v) is 24.8. The summed E-state index contributed by atoms with van der Waals surface area (Å²) in [5.74, 6) is 5.19. The second-order valence-corrected chi connectivity index (χ2v) is 20.6. The van der Waals surface area contributed by atoms with Gasteiger partial charge in [0.1, 0.15) is 22.6 Å². The van der Waals surface area contributed by atoms with E-state index in [4.69, 9.17) is 48.3 Å². The number of rotatable bonds is 12. The van der Waals surface area contributed by atoms with Crippen LogP contribution in [-0.2, 0) is 18.3 Å². The molecule has 6 aliphatic rings. The molecule has 326 valence electrons. The van der Waals surface area contributed by atoms with Crippen molar-refractivity contribution in [2.75, 3.05) is 26.4 Å². The van der Waals surface area contributed by atoms with E-state index < -0.39 is 8.88 Å². The summed E-state index contributed by atoms with van der Waals surface area (Å²) in [6.45, 7) is 9.87. The van der Waals surface area contributed by atoms with Crippen molar-refractivity contribution in [2.24, 2.45) is 53.6 Å². The van der Waals surface area contributed by atoms with Gasteiger partial charge < -0.3 is 18.3 Å². The number of hydrogen-bond donors (Lipinski definition) is 0. The van der Waals surface area contributed by atoms with Crippen LogP contribution in [0.5, 0.6) is 0 Å². The summed E-state index contributed by atoms with van der Waals surface area (Å²) in [7, 11) is -4.21. The zero-order valence-corrected chi connectivity index (χ0v) is 37.3. The van der Waals surface area contributed by atoms with Gasteiger partial charge in [0.25, 0.3) is 0 Å². The minimum atomic E-state index is -4.21. The first-order chi connectivity index (χ1) is 32.1. The van der Waals surface area contributed by atoms with Gasteiger partial charge in [-0.3, -0.25) is 8.47 Å². The van der Waals surface area contributed by atoms with E-state index in [9.17, 15) is 0 Å². The van der Waals surface area contributed by atoms with Gasteiger partial charge in [0.2, 0.25) is 0 Å². The van der Waals surface area contributed by atoms with Crippen LogP contribution in [0.3, 0.4) is 0 Å². The molecule has 2 aliphatic carbocycles. The summed E-state index contributed by atoms with van der Waals surface area (Å²) in [5.41, 5.74) is 5.00. The largest absolute Gasteiger partial charge is 0.603 e. The van der Waals surface area contributed by atoms with Crippen molar-refractivity contribution in [1.29, 1.82) is 0 Å². The Hall–Kier alpha value is -6.54. The number of hydrogen-bond acceptors (Lipinski definition) is 10. The average Bonchev–Trinajstić information content (AvgIpc) is 4.07. The molecule has 0 N–H and O–H groups in total. The lowest BCUT2D eigenvalue weighted by Gasteiger charge is -2.37. The van der Waals surface area contributed by atoms with Gasteiger partial charge in [0, 0.05) is 57.0 Å². The van der Waals surface area contributed by atoms with Gasteiger partial charge in [-0.2, -0.15) is 0 Å². The van der Waals surface area contributed by atoms with Crippen molar-refractivity contribution < 1.29 is 18.3 Å². The Bertz CT molecular complexity index is 2960. The number of aromatic nitrogens is 2. The lowest BCUT2D eigenvalue weighted by atomic mass is 9.83. The Balaban J connectivity index is 1.17. The van der Waals surface area contributed by atoms with Gasteiger partial charge >= 0.3 is 8.88 Å². The summed E-state index contributed by atoms with van der Waals surface area (Å²) in [5, 5.41) is 3.66. The van der Waals surface area contributed by atoms with Crippen LogP contribution in [0, 0.1) is 23.7 Å². The number of ether oxygens (including phenoxy) is 2. The molecule has 12 nitrogen and oxygen atoms in total. The molecule has 4 aliphatic heterocycles. The smallest absolute Gasteiger partial charge is 0.502 e. The minimum absolute atomic E-state index is 0.279. The third-order valence-electron chi connectivity index (χ3n) is 14.2. The average molecular weight is 879 g/mol. The van der Waals surface area contributed by atoms with Crippen LogP contribution in [0.1, 0.15) is 73.6 Å². The Morgan fingerprint density at radius 3 is 1.15 bits per heavy atom. The van der Waals surface area contributed by atoms with Crippen LogP contribution >= 0.6 is 0 Å². The molecule has 0 amide bonds. The van der Waals surface area contributed by atoms with Gasteiger partial charge in [-0.05, 0) is 75.0 Å². The highest BCUT2D eigenvalue weighted by atomic mass is 28.4. The summed E-state index contributed by atoms with van der Waals surface area (Å²) in [6, 6.07) is 33.2. The molecule has 6 bridgehead atoms. The van der Waals surface area contributed by atoms with Crippen molar-refractivity contribution >= 4 is 65.4 Å². The van der Waals surface area contributed by atoms with E-state index >= 15 is 0 Å². The Labute approximate surface area is 378 Å². The Kier molecular flexibility index (Phi) is 10.1. The van der Waals surface area contributed by atoms with Crippen LogP contribution in [0.2, 0.25) is 0 Å². The highest BCUT2D eigenvalue weighted by Gasteiger charge is 2.54. The quantitative estimate of drug-likeness (QED) is 0.0899. The molecule has 13 heteroatoms. The van der Waals surface area contributed by atoms with Crippen LogP contribution in [0.4, 0.5) is 11.6 Å². The molecule has 6 aromatic rings. The summed E-state index contributed by atoms with van der Waals surface area (Å²) < 4.78 is 31.7. The molecule has 4 aromatic carbocycles. The number of aliphatic imine (C=N–C) groups is 4. The van der Waals surface area contributed by atoms with E-state index in [0.29, 0.717) is 84.2 Å². The molecule has 0 atom stereocenters. The lowest BCUT2D eigenvalue weighted by molar-refractivity contribution is 0.0732. The normalized spacial score (nSPS) is 23.8. The zero-order valence-electron chi connectivity index (χ0n) is 36.3. The first-order valence-electron chi connectivity index (χ1n) is 23.1. The standard InChI is InChI=1S/C52H50N8O4Si/c1-3-61-29-33-21-25-35(26-22-33)31-63-65(64-32-36-27-23-34(24-28-36)30-62-4-2)59-49-41-17-9-10-18-42(41)51(59)57-47-39-15-7-8-16-40(39)48(54-47)58-52-44-20-12-11-19-43(44)50(60(52)65)56-46-38-14-6-5-13-37(38)45(53-46)55-49/h3-20,33-36H,1-2,21-32H2. The molecule has 2 fully saturated rings. The zero-order chi connectivity index (χ0) is 43.5. The fraction of sp³-hybridized carbons (Fsp3) is 0.308. The maximum atomic E-state index is 7.95. The molecule has 2 aromatic heterocycles. The molecule has 0 radical (unpaired) electrons. The minimum Gasteiger partial charge on any atom is -0.502 e. The van der Waals surface area contributed by atoms with E-state index in [1.165, 1.54) is 0 Å². The van der Waals surface area contributed by atoms with E-state index in [-0.39, 0.29) is 11.8 Å². The fourth-order valence-electron chi connectivity index (χ4n) is 10.7. The van der Waals surface area contributed by atoms with Gasteiger partial charge in [0.05, 0.1) is 25.7 Å².